The molecule has 35 heavy (non-hydrogen) atoms. The number of ether oxygens (including phenoxy) is 1. The Bertz CT molecular complexity index is 1410. The molecule has 2 N–H and O–H groups in total. The molecule has 3 aromatic heterocycles. The Morgan fingerprint density at radius 3 is 2.11 bits per heavy atom. The highest BCUT2D eigenvalue weighted by atomic mass is 35.5. The van der Waals surface area contributed by atoms with E-state index in [9.17, 15) is 0 Å². The molecule has 0 spiro atoms. The summed E-state index contributed by atoms with van der Waals surface area (Å²) < 4.78 is 8.40. The first-order valence-electron chi connectivity index (χ1n) is 10.5. The Kier molecular flexibility index (Phi) is 8.77. The standard InChI is InChI=1S/C27H21ClN4O.2ClH/c28-23-9-3-1-7-21(23)24-12-13-25(32(24)18-19-6-5-11-27(29)31-19)22-8-2-4-10-26(22)33-20-14-16-30-17-15-20;;/h1-17H,18H2,(H2,29,31);2*1H. The molecule has 0 aliphatic rings. The molecule has 5 nitrogen and oxygen atoms in total. The number of rotatable bonds is 6. The number of aromatic nitrogens is 3. The molecule has 0 radical (unpaired) electrons. The molecule has 0 atom stereocenters. The number of anilines is 1. The van der Waals surface area contributed by atoms with Gasteiger partial charge in [-0.2, -0.15) is 0 Å². The van der Waals surface area contributed by atoms with Crippen LogP contribution in [0.5, 0.6) is 11.5 Å². The fourth-order valence-corrected chi connectivity index (χ4v) is 4.06. The van der Waals surface area contributed by atoms with Gasteiger partial charge in [0.1, 0.15) is 17.3 Å². The van der Waals surface area contributed by atoms with Crippen molar-refractivity contribution in [2.24, 2.45) is 0 Å². The van der Waals surface area contributed by atoms with Crippen LogP contribution in [0.2, 0.25) is 5.02 Å². The van der Waals surface area contributed by atoms with E-state index in [4.69, 9.17) is 22.1 Å². The summed E-state index contributed by atoms with van der Waals surface area (Å²) in [5.41, 5.74) is 10.7. The molecule has 0 amide bonds. The van der Waals surface area contributed by atoms with Crippen LogP contribution in [0.25, 0.3) is 22.5 Å². The van der Waals surface area contributed by atoms with Gasteiger partial charge >= 0.3 is 0 Å². The number of nitrogen functional groups attached to an aromatic ring is 1. The Balaban J connectivity index is 0.00000171. The zero-order valence-corrected chi connectivity index (χ0v) is 20.9. The fourth-order valence-electron chi connectivity index (χ4n) is 3.83. The molecule has 0 saturated carbocycles. The third-order valence-electron chi connectivity index (χ3n) is 5.32. The van der Waals surface area contributed by atoms with E-state index < -0.39 is 0 Å². The van der Waals surface area contributed by atoms with Gasteiger partial charge in [-0.25, -0.2) is 4.98 Å². The van der Waals surface area contributed by atoms with E-state index in [0.29, 0.717) is 17.4 Å². The maximum Gasteiger partial charge on any atom is 0.136 e. The van der Waals surface area contributed by atoms with E-state index in [1.54, 1.807) is 18.5 Å². The lowest BCUT2D eigenvalue weighted by molar-refractivity contribution is 0.483. The van der Waals surface area contributed by atoms with Crippen LogP contribution in [0, 0.1) is 0 Å². The maximum atomic E-state index is 6.57. The van der Waals surface area contributed by atoms with Crippen LogP contribution in [-0.4, -0.2) is 14.5 Å². The predicted octanol–water partition coefficient (Wildman–Crippen LogP) is 7.53. The molecule has 5 rings (SSSR count). The van der Waals surface area contributed by atoms with Crippen molar-refractivity contribution >= 4 is 42.2 Å². The smallest absolute Gasteiger partial charge is 0.136 e. The largest absolute Gasteiger partial charge is 0.457 e. The number of nitrogens with zero attached hydrogens (tertiary/aromatic N) is 3. The Morgan fingerprint density at radius 2 is 1.40 bits per heavy atom. The van der Waals surface area contributed by atoms with E-state index in [0.717, 1.165) is 39.7 Å². The van der Waals surface area contributed by atoms with Crippen molar-refractivity contribution in [3.05, 3.63) is 114 Å². The first-order valence-corrected chi connectivity index (χ1v) is 10.9. The topological polar surface area (TPSA) is 66.0 Å². The predicted molar refractivity (Wildman–Crippen MR) is 147 cm³/mol. The summed E-state index contributed by atoms with van der Waals surface area (Å²) in [5.74, 6) is 1.95. The van der Waals surface area contributed by atoms with Crippen LogP contribution < -0.4 is 10.5 Å². The normalized spacial score (nSPS) is 10.2. The minimum absolute atomic E-state index is 0. The lowest BCUT2D eigenvalue weighted by Crippen LogP contribution is -2.07. The van der Waals surface area contributed by atoms with Gasteiger partial charge < -0.3 is 15.0 Å². The number of nitrogens with two attached hydrogens (primary N) is 1. The molecule has 5 aromatic rings. The Hall–Kier alpha value is -3.51. The Labute approximate surface area is 221 Å². The van der Waals surface area contributed by atoms with Gasteiger partial charge in [0.05, 0.1) is 23.6 Å². The van der Waals surface area contributed by atoms with Crippen LogP contribution in [0.4, 0.5) is 5.82 Å². The van der Waals surface area contributed by atoms with Gasteiger partial charge in [-0.1, -0.05) is 48.0 Å². The first-order chi connectivity index (χ1) is 16.2. The van der Waals surface area contributed by atoms with Gasteiger partial charge in [-0.3, -0.25) is 4.98 Å². The van der Waals surface area contributed by atoms with Crippen molar-refractivity contribution in [3.8, 4) is 34.0 Å². The minimum Gasteiger partial charge on any atom is -0.457 e. The number of benzene rings is 2. The molecule has 0 bridgehead atoms. The highest BCUT2D eigenvalue weighted by Gasteiger charge is 2.17. The quantitative estimate of drug-likeness (QED) is 0.249. The molecule has 0 saturated heterocycles. The lowest BCUT2D eigenvalue weighted by Gasteiger charge is -2.17. The summed E-state index contributed by atoms with van der Waals surface area (Å²) in [6.07, 6.45) is 3.42. The number of hydrogen-bond donors (Lipinski definition) is 1. The minimum atomic E-state index is 0. The van der Waals surface area contributed by atoms with Crippen molar-refractivity contribution in [2.45, 2.75) is 6.54 Å². The second-order valence-electron chi connectivity index (χ2n) is 7.50. The number of pyridine rings is 2. The summed E-state index contributed by atoms with van der Waals surface area (Å²) >= 11 is 6.57. The van der Waals surface area contributed by atoms with Crippen LogP contribution in [0.15, 0.2) is 103 Å². The van der Waals surface area contributed by atoms with E-state index >= 15 is 0 Å². The third-order valence-corrected chi connectivity index (χ3v) is 5.65. The lowest BCUT2D eigenvalue weighted by atomic mass is 10.1. The van der Waals surface area contributed by atoms with Gasteiger partial charge in [0.15, 0.2) is 0 Å². The molecule has 2 aromatic carbocycles. The molecule has 0 aliphatic carbocycles. The van der Waals surface area contributed by atoms with Crippen molar-refractivity contribution in [3.63, 3.8) is 0 Å². The van der Waals surface area contributed by atoms with Crippen LogP contribution in [-0.2, 0) is 6.54 Å². The van der Waals surface area contributed by atoms with Gasteiger partial charge in [0.2, 0.25) is 0 Å². The van der Waals surface area contributed by atoms with Gasteiger partial charge in [-0.05, 0) is 54.6 Å². The summed E-state index contributed by atoms with van der Waals surface area (Å²) in [6, 6.07) is 29.3. The third kappa shape index (κ3) is 5.77. The molecule has 0 aliphatic heterocycles. The van der Waals surface area contributed by atoms with Gasteiger partial charge in [0, 0.05) is 28.5 Å². The Morgan fingerprint density at radius 1 is 0.743 bits per heavy atom. The molecular formula is C27H23Cl3N4O. The van der Waals surface area contributed by atoms with E-state index in [-0.39, 0.29) is 24.8 Å². The molecule has 8 heteroatoms. The number of halogens is 3. The van der Waals surface area contributed by atoms with Crippen molar-refractivity contribution in [1.82, 2.24) is 14.5 Å². The summed E-state index contributed by atoms with van der Waals surface area (Å²) in [7, 11) is 0. The van der Waals surface area contributed by atoms with Crippen molar-refractivity contribution in [1.29, 1.82) is 0 Å². The SMILES string of the molecule is Cl.Cl.Nc1cccc(Cn2c(-c3ccccc3Cl)ccc2-c2ccccc2Oc2ccncc2)n1. The zero-order valence-electron chi connectivity index (χ0n) is 18.5. The number of para-hydroxylation sites is 1. The van der Waals surface area contributed by atoms with Crippen molar-refractivity contribution < 1.29 is 4.74 Å². The monoisotopic (exact) mass is 524 g/mol. The van der Waals surface area contributed by atoms with E-state index in [1.807, 2.05) is 72.8 Å². The number of hydrogen-bond acceptors (Lipinski definition) is 4. The van der Waals surface area contributed by atoms with Gasteiger partial charge in [-0.15, -0.1) is 24.8 Å². The second-order valence-corrected chi connectivity index (χ2v) is 7.91. The van der Waals surface area contributed by atoms with Crippen LogP contribution >= 0.6 is 36.4 Å². The van der Waals surface area contributed by atoms with E-state index in [1.165, 1.54) is 0 Å². The van der Waals surface area contributed by atoms with Crippen LogP contribution in [0.3, 0.4) is 0 Å². The average molecular weight is 526 g/mol. The van der Waals surface area contributed by atoms with Crippen molar-refractivity contribution in [2.75, 3.05) is 5.73 Å². The zero-order chi connectivity index (χ0) is 22.6. The summed E-state index contributed by atoms with van der Waals surface area (Å²) in [5, 5.41) is 0.685. The summed E-state index contributed by atoms with van der Waals surface area (Å²) in [4.78, 5) is 8.58. The molecular weight excluding hydrogens is 503 g/mol. The van der Waals surface area contributed by atoms with Gasteiger partial charge in [0.25, 0.3) is 0 Å². The molecule has 0 unspecified atom stereocenters. The fraction of sp³-hybridized carbons (Fsp3) is 0.0370. The molecule has 0 fully saturated rings. The highest BCUT2D eigenvalue weighted by molar-refractivity contribution is 6.33. The second kappa shape index (κ2) is 11.8. The van der Waals surface area contributed by atoms with E-state index in [2.05, 4.69) is 26.7 Å². The average Bonchev–Trinajstić information content (AvgIpc) is 3.23. The highest BCUT2D eigenvalue weighted by Crippen LogP contribution is 2.38. The molecule has 3 heterocycles. The van der Waals surface area contributed by atoms with Crippen LogP contribution in [0.1, 0.15) is 5.69 Å². The molecule has 178 valence electrons. The maximum absolute atomic E-state index is 6.57. The summed E-state index contributed by atoms with van der Waals surface area (Å²) in [6.45, 7) is 0.525. The first kappa shape index (κ1) is 26.1.